The highest BCUT2D eigenvalue weighted by Gasteiger charge is 2.22. The number of nitrogens with one attached hydrogen (secondary N) is 1. The molecule has 0 aromatic carbocycles. The second-order valence-corrected chi connectivity index (χ2v) is 4.56. The summed E-state index contributed by atoms with van der Waals surface area (Å²) in [6, 6.07) is 0.327. The van der Waals surface area contributed by atoms with Crippen LogP contribution in [0.4, 0.5) is 0 Å². The third kappa shape index (κ3) is 4.09. The first-order valence-electron chi connectivity index (χ1n) is 6.19. The minimum atomic E-state index is -0.0811. The summed E-state index contributed by atoms with van der Waals surface area (Å²) in [5.41, 5.74) is 0. The fourth-order valence-corrected chi connectivity index (χ4v) is 1.58. The molecule has 1 rings (SSSR count). The average Bonchev–Trinajstić information content (AvgIpc) is 2.73. The molecule has 0 aliphatic carbocycles. The molecule has 0 aliphatic heterocycles. The topological polar surface area (TPSA) is 60.2 Å². The van der Waals surface area contributed by atoms with Gasteiger partial charge >= 0.3 is 0 Å². The summed E-state index contributed by atoms with van der Waals surface area (Å²) >= 11 is 0. The van der Waals surface area contributed by atoms with Crippen LogP contribution in [0, 0.1) is 5.92 Å². The second kappa shape index (κ2) is 6.71. The van der Waals surface area contributed by atoms with Crippen molar-refractivity contribution in [3.05, 3.63) is 11.7 Å². The molecular weight excluding hydrogens is 218 g/mol. The van der Waals surface area contributed by atoms with Gasteiger partial charge in [0.05, 0.1) is 0 Å². The van der Waals surface area contributed by atoms with Crippen molar-refractivity contribution in [1.82, 2.24) is 15.5 Å². The lowest BCUT2D eigenvalue weighted by molar-refractivity contribution is 0.0217. The van der Waals surface area contributed by atoms with Crippen LogP contribution in [0.3, 0.4) is 0 Å². The summed E-state index contributed by atoms with van der Waals surface area (Å²) in [7, 11) is 1.92. The van der Waals surface area contributed by atoms with E-state index in [9.17, 15) is 0 Å². The van der Waals surface area contributed by atoms with Crippen LogP contribution in [-0.4, -0.2) is 29.8 Å². The Morgan fingerprint density at radius 3 is 2.59 bits per heavy atom. The van der Waals surface area contributed by atoms with Crippen molar-refractivity contribution in [2.75, 3.05) is 13.7 Å². The van der Waals surface area contributed by atoms with Gasteiger partial charge in [-0.15, -0.1) is 0 Å². The van der Waals surface area contributed by atoms with Crippen LogP contribution >= 0.6 is 0 Å². The first-order chi connectivity index (χ1) is 8.08. The van der Waals surface area contributed by atoms with Crippen LogP contribution in [0.2, 0.25) is 0 Å². The number of hydrogen-bond donors (Lipinski definition) is 1. The van der Waals surface area contributed by atoms with Crippen molar-refractivity contribution >= 4 is 0 Å². The normalized spacial score (nSPS) is 15.2. The molecule has 0 radical (unpaired) electrons. The Hall–Kier alpha value is -0.940. The maximum atomic E-state index is 5.63. The quantitative estimate of drug-likeness (QED) is 0.790. The van der Waals surface area contributed by atoms with Crippen molar-refractivity contribution in [2.24, 2.45) is 5.92 Å². The minimum Gasteiger partial charge on any atom is -0.370 e. The van der Waals surface area contributed by atoms with Gasteiger partial charge in [0.2, 0.25) is 11.7 Å². The first kappa shape index (κ1) is 14.1. The van der Waals surface area contributed by atoms with Crippen LogP contribution in [0.15, 0.2) is 4.52 Å². The Labute approximate surface area is 103 Å². The first-order valence-corrected chi connectivity index (χ1v) is 6.19. The van der Waals surface area contributed by atoms with E-state index in [1.54, 1.807) is 0 Å². The fourth-order valence-electron chi connectivity index (χ4n) is 1.58. The molecule has 1 heterocycles. The van der Waals surface area contributed by atoms with E-state index in [1.165, 1.54) is 0 Å². The van der Waals surface area contributed by atoms with Crippen molar-refractivity contribution in [1.29, 1.82) is 0 Å². The summed E-state index contributed by atoms with van der Waals surface area (Å²) in [5.74, 6) is 1.65. The zero-order valence-electron chi connectivity index (χ0n) is 11.4. The highest BCUT2D eigenvalue weighted by Crippen LogP contribution is 2.23. The molecule has 2 atom stereocenters. The van der Waals surface area contributed by atoms with E-state index in [4.69, 9.17) is 9.26 Å². The number of rotatable bonds is 7. The molecule has 5 heteroatoms. The molecule has 1 N–H and O–H groups in total. The minimum absolute atomic E-state index is 0.0811. The number of ether oxygens (including phenoxy) is 1. The van der Waals surface area contributed by atoms with Crippen LogP contribution in [0.1, 0.15) is 45.5 Å². The Bertz CT molecular complexity index is 325. The van der Waals surface area contributed by atoms with Gasteiger partial charge < -0.3 is 14.6 Å². The van der Waals surface area contributed by atoms with E-state index in [0.717, 1.165) is 6.42 Å². The van der Waals surface area contributed by atoms with Crippen molar-refractivity contribution in [3.8, 4) is 0 Å². The van der Waals surface area contributed by atoms with E-state index in [2.05, 4.69) is 36.2 Å². The smallest absolute Gasteiger partial charge is 0.228 e. The summed E-state index contributed by atoms with van der Waals surface area (Å²) < 4.78 is 10.9. The molecule has 0 bridgehead atoms. The van der Waals surface area contributed by atoms with Crippen molar-refractivity contribution < 1.29 is 9.26 Å². The van der Waals surface area contributed by atoms with Gasteiger partial charge in [-0.05, 0) is 26.8 Å². The van der Waals surface area contributed by atoms with E-state index < -0.39 is 0 Å². The van der Waals surface area contributed by atoms with E-state index >= 15 is 0 Å². The molecule has 0 fully saturated rings. The average molecular weight is 241 g/mol. The molecule has 0 spiro atoms. The summed E-state index contributed by atoms with van der Waals surface area (Å²) in [4.78, 5) is 4.40. The molecule has 1 aromatic rings. The van der Waals surface area contributed by atoms with Gasteiger partial charge in [-0.3, -0.25) is 0 Å². The van der Waals surface area contributed by atoms with Gasteiger partial charge in [0.25, 0.3) is 0 Å². The zero-order chi connectivity index (χ0) is 12.8. The Morgan fingerprint density at radius 1 is 1.35 bits per heavy atom. The van der Waals surface area contributed by atoms with Gasteiger partial charge in [-0.25, -0.2) is 0 Å². The highest BCUT2D eigenvalue weighted by atomic mass is 16.5. The molecular formula is C12H23N3O2. The van der Waals surface area contributed by atoms with Gasteiger partial charge in [0, 0.05) is 19.1 Å². The molecule has 0 saturated heterocycles. The Balaban J connectivity index is 2.70. The number of hydrogen-bond acceptors (Lipinski definition) is 5. The van der Waals surface area contributed by atoms with Crippen molar-refractivity contribution in [3.63, 3.8) is 0 Å². The largest absolute Gasteiger partial charge is 0.370 e. The second-order valence-electron chi connectivity index (χ2n) is 4.56. The predicted molar refractivity (Wildman–Crippen MR) is 65.7 cm³/mol. The summed E-state index contributed by atoms with van der Waals surface area (Å²) in [5, 5.41) is 7.15. The molecule has 98 valence electrons. The van der Waals surface area contributed by atoms with Crippen LogP contribution in [0.25, 0.3) is 0 Å². The molecule has 0 aliphatic rings. The molecule has 0 amide bonds. The zero-order valence-corrected chi connectivity index (χ0v) is 11.4. The summed E-state index contributed by atoms with van der Waals surface area (Å²) in [6.45, 7) is 8.88. The lowest BCUT2D eigenvalue weighted by Crippen LogP contribution is -2.23. The van der Waals surface area contributed by atoms with E-state index in [-0.39, 0.29) is 6.10 Å². The molecule has 0 saturated carbocycles. The number of nitrogens with zero attached hydrogens (tertiary/aromatic N) is 2. The monoisotopic (exact) mass is 241 g/mol. The van der Waals surface area contributed by atoms with E-state index in [1.807, 2.05) is 14.0 Å². The third-order valence-electron chi connectivity index (χ3n) is 2.66. The van der Waals surface area contributed by atoms with E-state index in [0.29, 0.717) is 30.3 Å². The van der Waals surface area contributed by atoms with Crippen LogP contribution < -0.4 is 5.32 Å². The maximum absolute atomic E-state index is 5.63. The summed E-state index contributed by atoms with van der Waals surface area (Å²) in [6.07, 6.45) is 0.655. The standard InChI is InChI=1S/C12H23N3O2/c1-6-16-11(8(2)3)12-14-10(17-15-12)7-9(4)13-5/h8-9,11,13H,6-7H2,1-5H3. The molecule has 2 unspecified atom stereocenters. The lowest BCUT2D eigenvalue weighted by Gasteiger charge is -2.16. The predicted octanol–water partition coefficient (Wildman–Crippen LogP) is 1.95. The van der Waals surface area contributed by atoms with Gasteiger partial charge in [-0.2, -0.15) is 4.98 Å². The van der Waals surface area contributed by atoms with Crippen LogP contribution in [-0.2, 0) is 11.2 Å². The fraction of sp³-hybridized carbons (Fsp3) is 0.833. The number of likely N-dealkylation sites (N-methyl/N-ethyl adjacent to an activating group) is 1. The van der Waals surface area contributed by atoms with Gasteiger partial charge in [0.1, 0.15) is 6.10 Å². The van der Waals surface area contributed by atoms with Gasteiger partial charge in [-0.1, -0.05) is 19.0 Å². The van der Waals surface area contributed by atoms with Gasteiger partial charge in [0.15, 0.2) is 0 Å². The van der Waals surface area contributed by atoms with Crippen LogP contribution in [0.5, 0.6) is 0 Å². The molecule has 1 aromatic heterocycles. The Morgan fingerprint density at radius 2 is 2.06 bits per heavy atom. The highest BCUT2D eigenvalue weighted by molar-refractivity contribution is 4.94. The number of aromatic nitrogens is 2. The SMILES string of the molecule is CCOC(c1noc(CC(C)NC)n1)C(C)C. The Kier molecular flexibility index (Phi) is 5.58. The molecule has 17 heavy (non-hydrogen) atoms. The lowest BCUT2D eigenvalue weighted by atomic mass is 10.1. The van der Waals surface area contributed by atoms with Crippen molar-refractivity contribution in [2.45, 2.75) is 46.3 Å². The maximum Gasteiger partial charge on any atom is 0.228 e. The molecule has 5 nitrogen and oxygen atoms in total. The third-order valence-corrected chi connectivity index (χ3v) is 2.66.